The van der Waals surface area contributed by atoms with Crippen molar-refractivity contribution in [2.24, 2.45) is 11.8 Å². The molecule has 272 valence electrons. The van der Waals surface area contributed by atoms with E-state index in [1.807, 2.05) is 41.5 Å². The molecular formula is C33H52N8O8. The zero-order chi connectivity index (χ0) is 36.3. The number of imidazole rings is 2. The first-order valence-electron chi connectivity index (χ1n) is 17.1. The predicted molar refractivity (Wildman–Crippen MR) is 180 cm³/mol. The van der Waals surface area contributed by atoms with E-state index in [1.54, 1.807) is 0 Å². The number of hydrogen-bond acceptors (Lipinski definition) is 10. The van der Waals surface area contributed by atoms with E-state index in [0.29, 0.717) is 32.1 Å². The molecule has 6 N–H and O–H groups in total. The third-order valence-electron chi connectivity index (χ3n) is 8.08. The normalized spacial score (nSPS) is 13.3. The van der Waals surface area contributed by atoms with Crippen LogP contribution in [-0.2, 0) is 19.1 Å². The number of carbonyl (C=O) groups is 6. The summed E-state index contributed by atoms with van der Waals surface area (Å²) in [5.74, 6) is -4.09. The molecule has 0 fully saturated rings. The van der Waals surface area contributed by atoms with Crippen LogP contribution in [-0.4, -0.2) is 93.9 Å². The summed E-state index contributed by atoms with van der Waals surface area (Å²) in [4.78, 5) is 90.4. The molecule has 0 bridgehead atoms. The number of H-pyrrole nitrogens is 2. The molecule has 2 aromatic heterocycles. The molecule has 4 atom stereocenters. The number of nitrogens with zero attached hydrogens (tertiary/aromatic N) is 2. The molecule has 2 unspecified atom stereocenters. The van der Waals surface area contributed by atoms with Gasteiger partial charge in [0.1, 0.15) is 23.5 Å². The van der Waals surface area contributed by atoms with Gasteiger partial charge in [-0.1, -0.05) is 67.2 Å². The second-order valence-corrected chi connectivity index (χ2v) is 11.8. The molecule has 0 aliphatic rings. The van der Waals surface area contributed by atoms with Crippen LogP contribution in [0.15, 0.2) is 12.7 Å². The van der Waals surface area contributed by atoms with Crippen LogP contribution in [0.1, 0.15) is 128 Å². The second-order valence-electron chi connectivity index (χ2n) is 11.8. The highest BCUT2D eigenvalue weighted by Crippen LogP contribution is 2.14. The monoisotopic (exact) mass is 688 g/mol. The van der Waals surface area contributed by atoms with Gasteiger partial charge in [0, 0.05) is 13.1 Å². The number of hydrogen-bond donors (Lipinski definition) is 6. The summed E-state index contributed by atoms with van der Waals surface area (Å²) in [6.07, 6.45) is 7.08. The number of amides is 4. The Balaban J connectivity index is 1.91. The smallest absolute Gasteiger partial charge is 0.328 e. The molecule has 0 aliphatic heterocycles. The quantitative estimate of drug-likeness (QED) is 0.0783. The van der Waals surface area contributed by atoms with Crippen molar-refractivity contribution in [2.75, 3.05) is 26.3 Å². The standard InChI is InChI=1S/C33H52N8O8/c1-7-11-16-48-32(46)22(20(5)9-3)40-30(44)26-24(36-18-38-26)28(42)34-14-13-15-35-29(43)25-27(39-19-37-25)31(45)41-23(21(6)10-4)33(47)49-17-12-8-2/h18-23H,7-17H2,1-6H3,(H,34,42)(H,35,43)(H,36,38)(H,37,39)(H,40,44)(H,41,45)/t20?,21?,22-,23-/m0/s1. The van der Waals surface area contributed by atoms with Crippen molar-refractivity contribution in [3.8, 4) is 0 Å². The van der Waals surface area contributed by atoms with Crippen LogP contribution in [0.5, 0.6) is 0 Å². The molecule has 16 nitrogen and oxygen atoms in total. The summed E-state index contributed by atoms with van der Waals surface area (Å²) >= 11 is 0. The maximum absolute atomic E-state index is 13.0. The first-order chi connectivity index (χ1) is 23.5. The van der Waals surface area contributed by atoms with Gasteiger partial charge in [0.2, 0.25) is 0 Å². The van der Waals surface area contributed by atoms with Crippen molar-refractivity contribution >= 4 is 35.6 Å². The van der Waals surface area contributed by atoms with E-state index in [0.717, 1.165) is 12.8 Å². The molecule has 0 saturated carbocycles. The van der Waals surface area contributed by atoms with Gasteiger partial charge in [0.05, 0.1) is 25.9 Å². The van der Waals surface area contributed by atoms with Gasteiger partial charge in [0.25, 0.3) is 23.6 Å². The first kappa shape index (κ1) is 40.4. The molecule has 0 saturated heterocycles. The van der Waals surface area contributed by atoms with E-state index >= 15 is 0 Å². The van der Waals surface area contributed by atoms with Gasteiger partial charge in [-0.25, -0.2) is 19.6 Å². The molecule has 2 heterocycles. The van der Waals surface area contributed by atoms with Gasteiger partial charge in [0.15, 0.2) is 11.4 Å². The van der Waals surface area contributed by atoms with Crippen molar-refractivity contribution in [3.05, 3.63) is 35.4 Å². The van der Waals surface area contributed by atoms with Crippen molar-refractivity contribution in [1.82, 2.24) is 41.2 Å². The van der Waals surface area contributed by atoms with Crippen LogP contribution < -0.4 is 21.3 Å². The topological polar surface area (TPSA) is 226 Å². The van der Waals surface area contributed by atoms with Gasteiger partial charge >= 0.3 is 11.9 Å². The van der Waals surface area contributed by atoms with Crippen molar-refractivity contribution in [2.45, 2.75) is 98.6 Å². The minimum absolute atomic E-state index is 0.0816. The lowest BCUT2D eigenvalue weighted by Gasteiger charge is -2.22. The Morgan fingerprint density at radius 2 is 1.02 bits per heavy atom. The number of nitrogens with one attached hydrogen (secondary N) is 6. The minimum Gasteiger partial charge on any atom is -0.464 e. The van der Waals surface area contributed by atoms with E-state index in [-0.39, 0.29) is 60.9 Å². The maximum Gasteiger partial charge on any atom is 0.328 e. The van der Waals surface area contributed by atoms with Gasteiger partial charge < -0.3 is 40.7 Å². The first-order valence-corrected chi connectivity index (χ1v) is 17.1. The van der Waals surface area contributed by atoms with E-state index in [9.17, 15) is 28.8 Å². The predicted octanol–water partition coefficient (Wildman–Crippen LogP) is 2.66. The summed E-state index contributed by atoms with van der Waals surface area (Å²) in [7, 11) is 0. The fourth-order valence-electron chi connectivity index (χ4n) is 4.52. The fraction of sp³-hybridized carbons (Fsp3) is 0.636. The lowest BCUT2D eigenvalue weighted by Crippen LogP contribution is -2.46. The minimum atomic E-state index is -0.902. The molecular weight excluding hydrogens is 636 g/mol. The Labute approximate surface area is 287 Å². The number of aromatic nitrogens is 4. The highest BCUT2D eigenvalue weighted by Gasteiger charge is 2.31. The zero-order valence-electron chi connectivity index (χ0n) is 29.4. The van der Waals surface area contributed by atoms with E-state index < -0.39 is 47.7 Å². The number of ether oxygens (including phenoxy) is 2. The van der Waals surface area contributed by atoms with Crippen LogP contribution in [0.4, 0.5) is 0 Å². The number of esters is 2. The molecule has 2 aromatic rings. The van der Waals surface area contributed by atoms with Crippen molar-refractivity contribution in [3.63, 3.8) is 0 Å². The summed E-state index contributed by atoms with van der Waals surface area (Å²) in [6, 6.07) is -1.80. The average Bonchev–Trinajstić information content (AvgIpc) is 3.79. The SMILES string of the molecule is CCCCOC(=O)[C@@H](NC(=O)c1nc[nH]c1C(=O)NCCCNC(=O)c1[nH]cnc1C(=O)N[C@H](C(=O)OCCCC)C(C)CC)C(C)CC. The van der Waals surface area contributed by atoms with Crippen LogP contribution >= 0.6 is 0 Å². The molecule has 0 aliphatic carbocycles. The van der Waals surface area contributed by atoms with Gasteiger partial charge in [-0.15, -0.1) is 0 Å². The molecule has 49 heavy (non-hydrogen) atoms. The lowest BCUT2D eigenvalue weighted by molar-refractivity contribution is -0.148. The Hall–Kier alpha value is -4.76. The van der Waals surface area contributed by atoms with Crippen molar-refractivity contribution < 1.29 is 38.2 Å². The van der Waals surface area contributed by atoms with E-state index in [2.05, 4.69) is 41.2 Å². The summed E-state index contributed by atoms with van der Waals surface area (Å²) in [6.45, 7) is 12.1. The van der Waals surface area contributed by atoms with Crippen molar-refractivity contribution in [1.29, 1.82) is 0 Å². The third-order valence-corrected chi connectivity index (χ3v) is 8.08. The third kappa shape index (κ3) is 12.3. The summed E-state index contributed by atoms with van der Waals surface area (Å²) in [5.41, 5.74) is -0.505. The number of carbonyl (C=O) groups excluding carboxylic acids is 6. The van der Waals surface area contributed by atoms with Crippen LogP contribution in [0.2, 0.25) is 0 Å². The Kier molecular flexibility index (Phi) is 17.5. The highest BCUT2D eigenvalue weighted by molar-refractivity contribution is 6.06. The number of unbranched alkanes of at least 4 members (excludes halogenated alkanes) is 2. The molecule has 2 rings (SSSR count). The summed E-state index contributed by atoms with van der Waals surface area (Å²) < 4.78 is 10.6. The van der Waals surface area contributed by atoms with Gasteiger partial charge in [-0.05, 0) is 31.1 Å². The molecule has 0 radical (unpaired) electrons. The fourth-order valence-corrected chi connectivity index (χ4v) is 4.52. The maximum atomic E-state index is 13.0. The summed E-state index contributed by atoms with van der Waals surface area (Å²) in [5, 5.41) is 10.7. The Morgan fingerprint density at radius 3 is 1.37 bits per heavy atom. The number of aromatic amines is 2. The highest BCUT2D eigenvalue weighted by atomic mass is 16.5. The van der Waals surface area contributed by atoms with E-state index in [4.69, 9.17) is 9.47 Å². The molecule has 4 amide bonds. The molecule has 0 spiro atoms. The van der Waals surface area contributed by atoms with Crippen LogP contribution in [0, 0.1) is 11.8 Å². The zero-order valence-corrected chi connectivity index (χ0v) is 29.4. The van der Waals surface area contributed by atoms with Crippen LogP contribution in [0.25, 0.3) is 0 Å². The largest absolute Gasteiger partial charge is 0.464 e. The van der Waals surface area contributed by atoms with E-state index in [1.165, 1.54) is 12.7 Å². The average molecular weight is 689 g/mol. The lowest BCUT2D eigenvalue weighted by atomic mass is 9.99. The Morgan fingerprint density at radius 1 is 0.633 bits per heavy atom. The molecule has 16 heteroatoms. The van der Waals surface area contributed by atoms with Gasteiger partial charge in [-0.2, -0.15) is 0 Å². The molecule has 0 aromatic carbocycles. The number of rotatable bonds is 22. The van der Waals surface area contributed by atoms with Crippen LogP contribution in [0.3, 0.4) is 0 Å². The Bertz CT molecular complexity index is 1290. The second kappa shape index (κ2) is 21.3. The van der Waals surface area contributed by atoms with Gasteiger partial charge in [-0.3, -0.25) is 19.2 Å².